The zero-order valence-corrected chi connectivity index (χ0v) is 14.7. The van der Waals surface area contributed by atoms with Crippen LogP contribution in [0.25, 0.3) is 0 Å². The number of halogens is 2. The molecule has 1 aromatic rings. The molecule has 0 saturated heterocycles. The van der Waals surface area contributed by atoms with Crippen LogP contribution < -0.4 is 9.47 Å². The van der Waals surface area contributed by atoms with Crippen LogP contribution in [0.15, 0.2) is 29.8 Å². The largest absolute Gasteiger partial charge is 0.491 e. The number of unbranched alkanes of at least 4 members (excludes halogenated alkanes) is 2. The van der Waals surface area contributed by atoms with E-state index in [0.29, 0.717) is 17.9 Å². The smallest absolute Gasteiger partial charge is 0.339 e. The molecule has 1 aliphatic carbocycles. The number of allylic oxidation sites excluding steroid dienone is 1. The van der Waals surface area contributed by atoms with Crippen LogP contribution >= 0.6 is 0 Å². The molecule has 0 N–H and O–H groups in total. The van der Waals surface area contributed by atoms with Crippen molar-refractivity contribution in [1.82, 2.24) is 0 Å². The highest BCUT2D eigenvalue weighted by Gasteiger charge is 2.21. The third-order valence-electron chi connectivity index (χ3n) is 4.45. The van der Waals surface area contributed by atoms with Gasteiger partial charge in [0.2, 0.25) is 0 Å². The van der Waals surface area contributed by atoms with E-state index in [-0.39, 0.29) is 18.1 Å². The van der Waals surface area contributed by atoms with Gasteiger partial charge >= 0.3 is 5.97 Å². The Morgan fingerprint density at radius 3 is 2.80 bits per heavy atom. The molecule has 2 rings (SSSR count). The third kappa shape index (κ3) is 6.15. The van der Waals surface area contributed by atoms with Crippen LogP contribution in [-0.4, -0.2) is 19.3 Å². The summed E-state index contributed by atoms with van der Waals surface area (Å²) >= 11 is 0. The molecule has 0 spiro atoms. The fourth-order valence-corrected chi connectivity index (χ4v) is 3.00. The van der Waals surface area contributed by atoms with Crippen LogP contribution in [0, 0.1) is 11.7 Å². The number of esters is 1. The molecule has 1 aliphatic rings. The molecular formula is C20H26F2O3. The standard InChI is InChI=1S/C20H26F2O3/c1-2-3-4-5-15-6-8-16(9-7-15)20(23)25-19-11-10-17(14-18(19)22)24-13-12-21/h8,10-11,14-15H,2-7,9,12-13H2,1H3. The van der Waals surface area contributed by atoms with Crippen molar-refractivity contribution in [2.24, 2.45) is 5.92 Å². The summed E-state index contributed by atoms with van der Waals surface area (Å²) in [6, 6.07) is 3.88. The molecule has 0 heterocycles. The number of hydrogen-bond acceptors (Lipinski definition) is 3. The van der Waals surface area contributed by atoms with Gasteiger partial charge in [-0.1, -0.05) is 38.7 Å². The Morgan fingerprint density at radius 2 is 2.16 bits per heavy atom. The van der Waals surface area contributed by atoms with E-state index in [0.717, 1.165) is 18.9 Å². The summed E-state index contributed by atoms with van der Waals surface area (Å²) in [5.74, 6) is -0.487. The predicted molar refractivity (Wildman–Crippen MR) is 93.1 cm³/mol. The molecule has 1 aromatic carbocycles. The lowest BCUT2D eigenvalue weighted by atomic mass is 9.86. The lowest BCUT2D eigenvalue weighted by Crippen LogP contribution is -2.16. The van der Waals surface area contributed by atoms with E-state index in [4.69, 9.17) is 9.47 Å². The molecule has 0 aromatic heterocycles. The van der Waals surface area contributed by atoms with Crippen LogP contribution in [-0.2, 0) is 4.79 Å². The molecule has 138 valence electrons. The SMILES string of the molecule is CCCCCC1CC=C(C(=O)Oc2ccc(OCCF)cc2F)CC1. The van der Waals surface area contributed by atoms with Crippen LogP contribution in [0.4, 0.5) is 8.78 Å². The molecule has 0 radical (unpaired) electrons. The lowest BCUT2D eigenvalue weighted by molar-refractivity contribution is -0.130. The van der Waals surface area contributed by atoms with Crippen LogP contribution in [0.3, 0.4) is 0 Å². The maximum atomic E-state index is 14.0. The second-order valence-corrected chi connectivity index (χ2v) is 6.38. The number of alkyl halides is 1. The maximum absolute atomic E-state index is 14.0. The Bertz CT molecular complexity index is 599. The van der Waals surface area contributed by atoms with Crippen molar-refractivity contribution >= 4 is 5.97 Å². The second kappa shape index (κ2) is 10.2. The minimum atomic E-state index is -0.696. The number of hydrogen-bond donors (Lipinski definition) is 0. The first-order chi connectivity index (χ1) is 12.1. The summed E-state index contributed by atoms with van der Waals surface area (Å²) < 4.78 is 36.2. The fraction of sp³-hybridized carbons (Fsp3) is 0.550. The fourth-order valence-electron chi connectivity index (χ4n) is 3.00. The predicted octanol–water partition coefficient (Wildman–Crippen LogP) is 5.39. The number of ether oxygens (including phenoxy) is 2. The highest BCUT2D eigenvalue weighted by Crippen LogP contribution is 2.29. The molecule has 1 unspecified atom stereocenters. The Balaban J connectivity index is 1.87. The van der Waals surface area contributed by atoms with Gasteiger partial charge in [-0.05, 0) is 37.3 Å². The molecule has 0 fully saturated rings. The molecule has 0 saturated carbocycles. The number of carbonyl (C=O) groups is 1. The first-order valence-electron chi connectivity index (χ1n) is 9.03. The first-order valence-corrected chi connectivity index (χ1v) is 9.03. The van der Waals surface area contributed by atoms with Crippen LogP contribution in [0.5, 0.6) is 11.5 Å². The number of rotatable bonds is 9. The van der Waals surface area contributed by atoms with Gasteiger partial charge in [0.15, 0.2) is 11.6 Å². The molecule has 3 nitrogen and oxygen atoms in total. The monoisotopic (exact) mass is 352 g/mol. The molecule has 1 atom stereocenters. The van der Waals surface area contributed by atoms with Crippen molar-refractivity contribution in [3.8, 4) is 11.5 Å². The van der Waals surface area contributed by atoms with E-state index in [1.807, 2.05) is 6.08 Å². The highest BCUT2D eigenvalue weighted by atomic mass is 19.1. The van der Waals surface area contributed by atoms with Crippen molar-refractivity contribution in [2.45, 2.75) is 51.9 Å². The first kappa shape index (κ1) is 19.4. The average Bonchev–Trinajstić information content (AvgIpc) is 2.62. The Labute approximate surface area is 148 Å². The van der Waals surface area contributed by atoms with Gasteiger partial charge in [0.1, 0.15) is 19.0 Å². The Hall–Kier alpha value is -1.91. The normalized spacial score (nSPS) is 17.1. The lowest BCUT2D eigenvalue weighted by Gasteiger charge is -2.21. The topological polar surface area (TPSA) is 35.5 Å². The summed E-state index contributed by atoms with van der Waals surface area (Å²) in [5.41, 5.74) is 0.615. The van der Waals surface area contributed by atoms with E-state index in [2.05, 4.69) is 6.92 Å². The van der Waals surface area contributed by atoms with Gasteiger partial charge in [-0.15, -0.1) is 0 Å². The van der Waals surface area contributed by atoms with E-state index < -0.39 is 18.5 Å². The van der Waals surface area contributed by atoms with E-state index in [9.17, 15) is 13.6 Å². The van der Waals surface area contributed by atoms with Gasteiger partial charge in [-0.3, -0.25) is 0 Å². The van der Waals surface area contributed by atoms with Gasteiger partial charge in [0.05, 0.1) is 0 Å². The van der Waals surface area contributed by atoms with Gasteiger partial charge in [0.25, 0.3) is 0 Å². The van der Waals surface area contributed by atoms with Gasteiger partial charge in [-0.25, -0.2) is 13.6 Å². The molecule has 0 amide bonds. The van der Waals surface area contributed by atoms with Crippen molar-refractivity contribution in [1.29, 1.82) is 0 Å². The maximum Gasteiger partial charge on any atom is 0.339 e. The van der Waals surface area contributed by atoms with Crippen LogP contribution in [0.2, 0.25) is 0 Å². The van der Waals surface area contributed by atoms with Gasteiger partial charge < -0.3 is 9.47 Å². The molecule has 5 heteroatoms. The second-order valence-electron chi connectivity index (χ2n) is 6.38. The highest BCUT2D eigenvalue weighted by molar-refractivity contribution is 5.90. The minimum Gasteiger partial charge on any atom is -0.491 e. The summed E-state index contributed by atoms with van der Waals surface area (Å²) in [6.45, 7) is 1.41. The quantitative estimate of drug-likeness (QED) is 0.340. The van der Waals surface area contributed by atoms with Crippen molar-refractivity contribution < 1.29 is 23.0 Å². The Morgan fingerprint density at radius 1 is 1.32 bits per heavy atom. The van der Waals surface area contributed by atoms with Crippen molar-refractivity contribution in [2.75, 3.05) is 13.3 Å². The van der Waals surface area contributed by atoms with E-state index in [1.54, 1.807) is 0 Å². The van der Waals surface area contributed by atoms with Crippen molar-refractivity contribution in [3.05, 3.63) is 35.7 Å². The molecule has 0 aliphatic heterocycles. The zero-order valence-electron chi connectivity index (χ0n) is 14.7. The zero-order chi connectivity index (χ0) is 18.1. The summed E-state index contributed by atoms with van der Waals surface area (Å²) in [6.07, 6.45) is 9.35. The van der Waals surface area contributed by atoms with E-state index >= 15 is 0 Å². The third-order valence-corrected chi connectivity index (χ3v) is 4.45. The molecule has 25 heavy (non-hydrogen) atoms. The van der Waals surface area contributed by atoms with Crippen molar-refractivity contribution in [3.63, 3.8) is 0 Å². The summed E-state index contributed by atoms with van der Waals surface area (Å²) in [5, 5.41) is 0. The van der Waals surface area contributed by atoms with Gasteiger partial charge in [-0.2, -0.15) is 0 Å². The average molecular weight is 352 g/mol. The van der Waals surface area contributed by atoms with Crippen LogP contribution in [0.1, 0.15) is 51.9 Å². The molecular weight excluding hydrogens is 326 g/mol. The molecule has 0 bridgehead atoms. The van der Waals surface area contributed by atoms with E-state index in [1.165, 1.54) is 37.8 Å². The summed E-state index contributed by atoms with van der Waals surface area (Å²) in [7, 11) is 0. The van der Waals surface area contributed by atoms with Gasteiger partial charge in [0, 0.05) is 11.6 Å². The minimum absolute atomic E-state index is 0.134. The number of carbonyl (C=O) groups excluding carboxylic acids is 1. The Kier molecular flexibility index (Phi) is 7.89. The number of benzene rings is 1. The summed E-state index contributed by atoms with van der Waals surface area (Å²) in [4.78, 5) is 12.2.